The zero-order valence-corrected chi connectivity index (χ0v) is 11.2. The fourth-order valence-electron chi connectivity index (χ4n) is 1.66. The largest absolute Gasteiger partial charge is 0.455 e. The standard InChI is InChI=1S/C12H14N2O4S/c1-6-4-8(6)12(17)18-5-9(15)14-11-7(10(13)16)2-3-19-11/h2-3,6,8H,4-5H2,1H3,(H2,13,16)(H,14,15)/t6-,8+/m0/s1. The second kappa shape index (κ2) is 5.40. The van der Waals surface area contributed by atoms with E-state index in [9.17, 15) is 14.4 Å². The van der Waals surface area contributed by atoms with Gasteiger partial charge in [-0.05, 0) is 23.8 Å². The van der Waals surface area contributed by atoms with Crippen LogP contribution in [0.25, 0.3) is 0 Å². The van der Waals surface area contributed by atoms with E-state index in [1.165, 1.54) is 17.4 Å². The Morgan fingerprint density at radius 2 is 2.21 bits per heavy atom. The molecule has 2 rings (SSSR count). The van der Waals surface area contributed by atoms with Crippen LogP contribution in [-0.4, -0.2) is 24.4 Å². The SMILES string of the molecule is C[C@H]1C[C@H]1C(=O)OCC(=O)Nc1sccc1C(N)=O. The van der Waals surface area contributed by atoms with Crippen LogP contribution in [0.5, 0.6) is 0 Å². The van der Waals surface area contributed by atoms with Gasteiger partial charge in [0.1, 0.15) is 5.00 Å². The van der Waals surface area contributed by atoms with E-state index in [1.807, 2.05) is 6.92 Å². The lowest BCUT2D eigenvalue weighted by Gasteiger charge is -2.05. The molecule has 1 heterocycles. The Balaban J connectivity index is 1.82. The van der Waals surface area contributed by atoms with Crippen molar-refractivity contribution >= 4 is 34.1 Å². The van der Waals surface area contributed by atoms with E-state index in [1.54, 1.807) is 5.38 Å². The molecule has 1 aliphatic rings. The van der Waals surface area contributed by atoms with Crippen LogP contribution < -0.4 is 11.1 Å². The van der Waals surface area contributed by atoms with Crippen LogP contribution >= 0.6 is 11.3 Å². The molecule has 0 bridgehead atoms. The molecule has 6 nitrogen and oxygen atoms in total. The average Bonchev–Trinajstić information content (AvgIpc) is 2.89. The van der Waals surface area contributed by atoms with Crippen molar-refractivity contribution in [2.24, 2.45) is 17.6 Å². The highest BCUT2D eigenvalue weighted by atomic mass is 32.1. The van der Waals surface area contributed by atoms with Gasteiger partial charge in [-0.3, -0.25) is 14.4 Å². The lowest BCUT2D eigenvalue weighted by molar-refractivity contribution is -0.148. The maximum atomic E-state index is 11.6. The number of carbonyl (C=O) groups is 3. The quantitative estimate of drug-likeness (QED) is 0.786. The molecule has 1 fully saturated rings. The highest BCUT2D eigenvalue weighted by Crippen LogP contribution is 2.38. The minimum Gasteiger partial charge on any atom is -0.455 e. The van der Waals surface area contributed by atoms with Crippen LogP contribution in [0.1, 0.15) is 23.7 Å². The number of carbonyl (C=O) groups excluding carboxylic acids is 3. The van der Waals surface area contributed by atoms with Crippen molar-refractivity contribution in [3.05, 3.63) is 17.0 Å². The Hall–Kier alpha value is -1.89. The van der Waals surface area contributed by atoms with E-state index in [0.717, 1.165) is 6.42 Å². The summed E-state index contributed by atoms with van der Waals surface area (Å²) in [7, 11) is 0. The number of nitrogens with two attached hydrogens (primary N) is 1. The molecule has 0 unspecified atom stereocenters. The first-order valence-electron chi connectivity index (χ1n) is 5.83. The van der Waals surface area contributed by atoms with Gasteiger partial charge in [0, 0.05) is 0 Å². The van der Waals surface area contributed by atoms with E-state index in [2.05, 4.69) is 5.32 Å². The van der Waals surface area contributed by atoms with Gasteiger partial charge in [-0.25, -0.2) is 0 Å². The van der Waals surface area contributed by atoms with Crippen molar-refractivity contribution in [3.63, 3.8) is 0 Å². The van der Waals surface area contributed by atoms with Gasteiger partial charge in [0.25, 0.3) is 11.8 Å². The lowest BCUT2D eigenvalue weighted by Crippen LogP contribution is -2.22. The molecule has 0 radical (unpaired) electrons. The van der Waals surface area contributed by atoms with E-state index in [4.69, 9.17) is 10.5 Å². The zero-order valence-electron chi connectivity index (χ0n) is 10.3. The summed E-state index contributed by atoms with van der Waals surface area (Å²) in [5.41, 5.74) is 5.40. The summed E-state index contributed by atoms with van der Waals surface area (Å²) in [6, 6.07) is 1.53. The lowest BCUT2D eigenvalue weighted by atomic mass is 10.3. The van der Waals surface area contributed by atoms with Crippen molar-refractivity contribution in [1.29, 1.82) is 0 Å². The van der Waals surface area contributed by atoms with Gasteiger partial charge in [0.15, 0.2) is 6.61 Å². The fourth-order valence-corrected chi connectivity index (χ4v) is 2.47. The Morgan fingerprint density at radius 3 is 2.79 bits per heavy atom. The summed E-state index contributed by atoms with van der Waals surface area (Å²) in [6.07, 6.45) is 0.817. The molecule has 7 heteroatoms. The maximum absolute atomic E-state index is 11.6. The molecular weight excluding hydrogens is 268 g/mol. The normalized spacial score (nSPS) is 20.7. The van der Waals surface area contributed by atoms with Gasteiger partial charge in [-0.1, -0.05) is 6.92 Å². The molecule has 1 aliphatic carbocycles. The van der Waals surface area contributed by atoms with E-state index >= 15 is 0 Å². The summed E-state index contributed by atoms with van der Waals surface area (Å²) in [6.45, 7) is 1.61. The predicted octanol–water partition coefficient (Wildman–Crippen LogP) is 0.985. The van der Waals surface area contributed by atoms with Crippen molar-refractivity contribution in [2.75, 3.05) is 11.9 Å². The first-order valence-corrected chi connectivity index (χ1v) is 6.70. The summed E-state index contributed by atoms with van der Waals surface area (Å²) < 4.78 is 4.88. The topological polar surface area (TPSA) is 98.5 Å². The number of hydrogen-bond acceptors (Lipinski definition) is 5. The monoisotopic (exact) mass is 282 g/mol. The maximum Gasteiger partial charge on any atom is 0.309 e. The number of primary amides is 1. The number of hydrogen-bond donors (Lipinski definition) is 2. The number of amides is 2. The van der Waals surface area contributed by atoms with Gasteiger partial charge >= 0.3 is 5.97 Å². The Labute approximate surface area is 113 Å². The molecule has 1 aromatic heterocycles. The highest BCUT2D eigenvalue weighted by molar-refractivity contribution is 7.14. The van der Waals surface area contributed by atoms with Gasteiger partial charge in [-0.15, -0.1) is 11.3 Å². The summed E-state index contributed by atoms with van der Waals surface area (Å²) in [4.78, 5) is 34.1. The number of esters is 1. The van der Waals surface area contributed by atoms with Gasteiger partial charge in [-0.2, -0.15) is 0 Å². The Bertz CT molecular complexity index is 526. The van der Waals surface area contributed by atoms with Crippen LogP contribution in [0.15, 0.2) is 11.4 Å². The van der Waals surface area contributed by atoms with Gasteiger partial charge in [0.2, 0.25) is 0 Å². The van der Waals surface area contributed by atoms with Crippen LogP contribution in [-0.2, 0) is 14.3 Å². The van der Waals surface area contributed by atoms with Crippen molar-refractivity contribution in [2.45, 2.75) is 13.3 Å². The number of ether oxygens (including phenoxy) is 1. The number of thiophene rings is 1. The van der Waals surface area contributed by atoms with E-state index < -0.39 is 11.8 Å². The third kappa shape index (κ3) is 3.31. The Kier molecular flexibility index (Phi) is 3.84. The molecule has 2 atom stereocenters. The van der Waals surface area contributed by atoms with Crippen molar-refractivity contribution < 1.29 is 19.1 Å². The first kappa shape index (κ1) is 13.5. The summed E-state index contributed by atoms with van der Waals surface area (Å²) in [5.74, 6) is -1.17. The third-order valence-electron chi connectivity index (χ3n) is 2.94. The van der Waals surface area contributed by atoms with Crippen LogP contribution in [0.2, 0.25) is 0 Å². The highest BCUT2D eigenvalue weighted by Gasteiger charge is 2.40. The molecule has 0 spiro atoms. The average molecular weight is 282 g/mol. The molecule has 19 heavy (non-hydrogen) atoms. The van der Waals surface area contributed by atoms with Crippen LogP contribution in [0, 0.1) is 11.8 Å². The number of rotatable bonds is 5. The molecular formula is C12H14N2O4S. The zero-order chi connectivity index (χ0) is 14.0. The summed E-state index contributed by atoms with van der Waals surface area (Å²) >= 11 is 1.19. The third-order valence-corrected chi connectivity index (χ3v) is 3.77. The predicted molar refractivity (Wildman–Crippen MR) is 69.7 cm³/mol. The van der Waals surface area contributed by atoms with Crippen LogP contribution in [0.4, 0.5) is 5.00 Å². The first-order chi connectivity index (χ1) is 8.99. The second-order valence-electron chi connectivity index (χ2n) is 4.50. The van der Waals surface area contributed by atoms with Crippen molar-refractivity contribution in [1.82, 2.24) is 0 Å². The summed E-state index contributed by atoms with van der Waals surface area (Å²) in [5, 5.41) is 4.51. The Morgan fingerprint density at radius 1 is 1.53 bits per heavy atom. The van der Waals surface area contributed by atoms with E-state index in [0.29, 0.717) is 10.9 Å². The van der Waals surface area contributed by atoms with Crippen molar-refractivity contribution in [3.8, 4) is 0 Å². The molecule has 102 valence electrons. The van der Waals surface area contributed by atoms with Crippen LogP contribution in [0.3, 0.4) is 0 Å². The molecule has 1 aromatic rings. The van der Waals surface area contributed by atoms with Gasteiger partial charge < -0.3 is 15.8 Å². The molecule has 1 saturated carbocycles. The molecule has 0 aromatic carbocycles. The molecule has 3 N–H and O–H groups in total. The minimum absolute atomic E-state index is 0.0734. The fraction of sp³-hybridized carbons (Fsp3) is 0.417. The number of anilines is 1. The minimum atomic E-state index is -0.611. The van der Waals surface area contributed by atoms with Gasteiger partial charge in [0.05, 0.1) is 11.5 Å². The molecule has 2 amide bonds. The molecule has 0 aliphatic heterocycles. The second-order valence-corrected chi connectivity index (χ2v) is 5.42. The smallest absolute Gasteiger partial charge is 0.309 e. The number of nitrogens with one attached hydrogen (secondary N) is 1. The van der Waals surface area contributed by atoms with E-state index in [-0.39, 0.29) is 24.1 Å². The molecule has 0 saturated heterocycles.